The molecule has 4 rings (SSSR count). The quantitative estimate of drug-likeness (QED) is 0.691. The second-order valence-corrected chi connectivity index (χ2v) is 9.32. The molecule has 4 aliphatic rings. The van der Waals surface area contributed by atoms with Crippen LogP contribution < -0.4 is 0 Å². The summed E-state index contributed by atoms with van der Waals surface area (Å²) >= 11 is 0. The monoisotopic (exact) mass is 332 g/mol. The minimum Gasteiger partial charge on any atom is -0.393 e. The van der Waals surface area contributed by atoms with Gasteiger partial charge in [0, 0.05) is 11.8 Å². The Morgan fingerprint density at radius 2 is 1.83 bits per heavy atom. The molecule has 3 N–H and O–H groups in total. The van der Waals surface area contributed by atoms with Gasteiger partial charge >= 0.3 is 0 Å². The highest BCUT2D eigenvalue weighted by Crippen LogP contribution is 2.65. The van der Waals surface area contributed by atoms with Gasteiger partial charge in [-0.25, -0.2) is 0 Å². The minimum absolute atomic E-state index is 0.192. The Labute approximate surface area is 145 Å². The van der Waals surface area contributed by atoms with E-state index in [-0.39, 0.29) is 16.9 Å². The summed E-state index contributed by atoms with van der Waals surface area (Å²) in [5.74, 6) is 1.32. The van der Waals surface area contributed by atoms with Crippen molar-refractivity contribution in [1.29, 1.82) is 0 Å². The van der Waals surface area contributed by atoms with Gasteiger partial charge in [-0.15, -0.1) is 0 Å². The van der Waals surface area contributed by atoms with Crippen LogP contribution in [0.25, 0.3) is 0 Å². The molecule has 0 spiro atoms. The van der Waals surface area contributed by atoms with Gasteiger partial charge in [-0.2, -0.15) is 0 Å². The largest absolute Gasteiger partial charge is 0.393 e. The van der Waals surface area contributed by atoms with Crippen LogP contribution in [-0.4, -0.2) is 33.6 Å². The topological polar surface area (TPSA) is 60.7 Å². The number of aliphatic hydroxyl groups excluding tert-OH is 3. The average Bonchev–Trinajstić information content (AvgIpc) is 2.86. The third kappa shape index (κ3) is 2.07. The summed E-state index contributed by atoms with van der Waals surface area (Å²) in [6.07, 6.45) is 9.08. The molecule has 4 aliphatic carbocycles. The predicted octanol–water partition coefficient (Wildman–Crippen LogP) is 3.20. The first-order valence-corrected chi connectivity index (χ1v) is 9.73. The van der Waals surface area contributed by atoms with E-state index in [1.54, 1.807) is 0 Å². The van der Waals surface area contributed by atoms with Crippen LogP contribution in [0.5, 0.6) is 0 Å². The van der Waals surface area contributed by atoms with Crippen LogP contribution in [0.3, 0.4) is 0 Å². The molecule has 0 heterocycles. The number of hydrogen-bond donors (Lipinski definition) is 3. The normalized spacial score (nSPS) is 51.8. The third-order valence-corrected chi connectivity index (χ3v) is 8.30. The van der Waals surface area contributed by atoms with Gasteiger partial charge in [-0.3, -0.25) is 0 Å². The van der Waals surface area contributed by atoms with E-state index in [0.29, 0.717) is 30.6 Å². The number of aliphatic hydroxyl groups is 3. The number of fused-ring (bicyclic) bond motifs is 5. The van der Waals surface area contributed by atoms with Crippen LogP contribution in [0.2, 0.25) is 0 Å². The molecule has 3 heteroatoms. The molecule has 0 saturated heterocycles. The zero-order valence-corrected chi connectivity index (χ0v) is 15.2. The lowest BCUT2D eigenvalue weighted by Crippen LogP contribution is -2.52. The van der Waals surface area contributed by atoms with E-state index in [1.807, 2.05) is 6.92 Å². The van der Waals surface area contributed by atoms with Gasteiger partial charge in [0.15, 0.2) is 0 Å². The maximum atomic E-state index is 10.8. The van der Waals surface area contributed by atoms with E-state index >= 15 is 0 Å². The molecule has 3 saturated carbocycles. The molecule has 0 unspecified atom stereocenters. The van der Waals surface area contributed by atoms with Crippen molar-refractivity contribution >= 4 is 0 Å². The standard InChI is InChI=1S/C21H32O3/c1-12(22)16-6-7-17-15-5-4-13-10-14(23)11-19(24)21(13,3)18(15)8-9-20(16,17)2/h4-5,12,14,16-19,22-24H,6-11H2,1-3H3/t12-,14+,16+,17-,18-,19-,20+,21-/m0/s1. The predicted molar refractivity (Wildman–Crippen MR) is 94.2 cm³/mol. The molecule has 3 nitrogen and oxygen atoms in total. The fourth-order valence-electron chi connectivity index (χ4n) is 6.88. The van der Waals surface area contributed by atoms with Gasteiger partial charge in [0.1, 0.15) is 0 Å². The second-order valence-electron chi connectivity index (χ2n) is 9.32. The van der Waals surface area contributed by atoms with Gasteiger partial charge in [0.2, 0.25) is 0 Å². The Hall–Kier alpha value is -0.640. The van der Waals surface area contributed by atoms with Crippen molar-refractivity contribution < 1.29 is 15.3 Å². The molecule has 8 atom stereocenters. The molecule has 134 valence electrons. The average molecular weight is 332 g/mol. The summed E-state index contributed by atoms with van der Waals surface area (Å²) in [6.45, 7) is 6.55. The molecule has 0 radical (unpaired) electrons. The van der Waals surface area contributed by atoms with E-state index in [4.69, 9.17) is 0 Å². The lowest BCUT2D eigenvalue weighted by Gasteiger charge is -2.56. The van der Waals surface area contributed by atoms with Crippen molar-refractivity contribution in [3.05, 3.63) is 23.3 Å². The summed E-state index contributed by atoms with van der Waals surface area (Å²) < 4.78 is 0. The zero-order valence-electron chi connectivity index (χ0n) is 15.2. The van der Waals surface area contributed by atoms with Crippen LogP contribution in [0, 0.1) is 28.6 Å². The third-order valence-electron chi connectivity index (χ3n) is 8.30. The summed E-state index contributed by atoms with van der Waals surface area (Å²) in [5.41, 5.74) is 2.72. The molecule has 0 bridgehead atoms. The van der Waals surface area contributed by atoms with Crippen molar-refractivity contribution in [1.82, 2.24) is 0 Å². The SMILES string of the molecule is C[C@H](O)[C@H]1CC[C@H]2C3=CC=C4C[C@@H](O)C[C@H](O)[C@]4(C)[C@H]3CC[C@]12C. The fraction of sp³-hybridized carbons (Fsp3) is 0.810. The van der Waals surface area contributed by atoms with E-state index in [0.717, 1.165) is 25.7 Å². The van der Waals surface area contributed by atoms with E-state index in [1.165, 1.54) is 11.1 Å². The van der Waals surface area contributed by atoms with Crippen molar-refractivity contribution in [3.8, 4) is 0 Å². The Balaban J connectivity index is 1.73. The van der Waals surface area contributed by atoms with Gasteiger partial charge in [0.25, 0.3) is 0 Å². The van der Waals surface area contributed by atoms with Crippen LogP contribution in [0.4, 0.5) is 0 Å². The van der Waals surface area contributed by atoms with Gasteiger partial charge in [-0.1, -0.05) is 37.1 Å². The number of rotatable bonds is 1. The van der Waals surface area contributed by atoms with Crippen molar-refractivity contribution in [2.75, 3.05) is 0 Å². The Kier molecular flexibility index (Phi) is 3.80. The summed E-state index contributed by atoms with van der Waals surface area (Å²) in [6, 6.07) is 0. The first kappa shape index (κ1) is 16.8. The summed E-state index contributed by atoms with van der Waals surface area (Å²) in [4.78, 5) is 0. The minimum atomic E-state index is -0.459. The van der Waals surface area contributed by atoms with Crippen molar-refractivity contribution in [2.24, 2.45) is 28.6 Å². The van der Waals surface area contributed by atoms with Crippen molar-refractivity contribution in [3.63, 3.8) is 0 Å². The highest BCUT2D eigenvalue weighted by Gasteiger charge is 2.58. The van der Waals surface area contributed by atoms with Gasteiger partial charge < -0.3 is 15.3 Å². The number of hydrogen-bond acceptors (Lipinski definition) is 3. The maximum absolute atomic E-state index is 10.8. The smallest absolute Gasteiger partial charge is 0.0661 e. The van der Waals surface area contributed by atoms with Crippen LogP contribution in [0.15, 0.2) is 23.3 Å². The molecule has 3 fully saturated rings. The molecular weight excluding hydrogens is 300 g/mol. The zero-order chi connectivity index (χ0) is 17.3. The number of allylic oxidation sites excluding steroid dienone is 3. The van der Waals surface area contributed by atoms with E-state index in [9.17, 15) is 15.3 Å². The Morgan fingerprint density at radius 3 is 2.54 bits per heavy atom. The van der Waals surface area contributed by atoms with Crippen LogP contribution in [-0.2, 0) is 0 Å². The second kappa shape index (κ2) is 5.43. The van der Waals surface area contributed by atoms with E-state index in [2.05, 4.69) is 26.0 Å². The van der Waals surface area contributed by atoms with E-state index < -0.39 is 12.2 Å². The molecule has 0 aromatic heterocycles. The first-order valence-electron chi connectivity index (χ1n) is 9.73. The first-order chi connectivity index (χ1) is 11.3. The summed E-state index contributed by atoms with van der Waals surface area (Å²) in [5, 5.41) is 31.2. The van der Waals surface area contributed by atoms with Crippen molar-refractivity contribution in [2.45, 2.75) is 77.6 Å². The molecular formula is C21H32O3. The fourth-order valence-corrected chi connectivity index (χ4v) is 6.88. The molecule has 24 heavy (non-hydrogen) atoms. The van der Waals surface area contributed by atoms with Gasteiger partial charge in [0.05, 0.1) is 18.3 Å². The lowest BCUT2D eigenvalue weighted by atomic mass is 9.49. The maximum Gasteiger partial charge on any atom is 0.0661 e. The highest BCUT2D eigenvalue weighted by atomic mass is 16.3. The Morgan fingerprint density at radius 1 is 1.08 bits per heavy atom. The molecule has 0 amide bonds. The highest BCUT2D eigenvalue weighted by molar-refractivity contribution is 5.40. The molecule has 0 aromatic carbocycles. The molecule has 0 aliphatic heterocycles. The molecule has 0 aromatic rings. The Bertz CT molecular complexity index is 592. The lowest BCUT2D eigenvalue weighted by molar-refractivity contribution is -0.0576. The van der Waals surface area contributed by atoms with Crippen LogP contribution >= 0.6 is 0 Å². The van der Waals surface area contributed by atoms with Gasteiger partial charge in [-0.05, 0) is 62.2 Å². The summed E-state index contributed by atoms with van der Waals surface area (Å²) in [7, 11) is 0. The van der Waals surface area contributed by atoms with Crippen LogP contribution in [0.1, 0.15) is 59.3 Å².